The Kier molecular flexibility index (Phi) is 5.28. The summed E-state index contributed by atoms with van der Waals surface area (Å²) in [5, 5.41) is 3.38. The monoisotopic (exact) mass is 288 g/mol. The van der Waals surface area contributed by atoms with E-state index in [1.165, 1.54) is 12.1 Å². The zero-order valence-corrected chi connectivity index (χ0v) is 12.7. The van der Waals surface area contributed by atoms with Crippen molar-refractivity contribution in [2.45, 2.75) is 27.3 Å². The van der Waals surface area contributed by atoms with Gasteiger partial charge in [-0.1, -0.05) is 13.8 Å². The van der Waals surface area contributed by atoms with Crippen molar-refractivity contribution in [2.75, 3.05) is 6.54 Å². The normalized spacial score (nSPS) is 10.9. The molecular weight excluding hydrogens is 267 g/mol. The summed E-state index contributed by atoms with van der Waals surface area (Å²) in [5.74, 6) is 1.49. The van der Waals surface area contributed by atoms with Crippen LogP contribution in [0.25, 0.3) is 0 Å². The van der Waals surface area contributed by atoms with Crippen LogP contribution in [-0.4, -0.2) is 11.5 Å². The van der Waals surface area contributed by atoms with Gasteiger partial charge in [-0.05, 0) is 54.8 Å². The second-order valence-electron chi connectivity index (χ2n) is 5.54. The molecule has 0 aliphatic carbocycles. The molecule has 1 aromatic heterocycles. The minimum atomic E-state index is -0.264. The van der Waals surface area contributed by atoms with Gasteiger partial charge in [-0.15, -0.1) is 0 Å². The van der Waals surface area contributed by atoms with E-state index in [9.17, 15) is 4.39 Å². The molecule has 3 nitrogen and oxygen atoms in total. The lowest BCUT2D eigenvalue weighted by Crippen LogP contribution is -2.18. The summed E-state index contributed by atoms with van der Waals surface area (Å²) in [6, 6.07) is 8.31. The largest absolute Gasteiger partial charge is 0.439 e. The topological polar surface area (TPSA) is 34.1 Å². The molecule has 0 aliphatic heterocycles. The fraction of sp³-hybridized carbons (Fsp3) is 0.353. The van der Waals surface area contributed by atoms with Gasteiger partial charge in [-0.25, -0.2) is 9.37 Å². The summed E-state index contributed by atoms with van der Waals surface area (Å²) in [4.78, 5) is 4.20. The first-order valence-electron chi connectivity index (χ1n) is 7.14. The van der Waals surface area contributed by atoms with Gasteiger partial charge in [-0.2, -0.15) is 0 Å². The van der Waals surface area contributed by atoms with E-state index in [2.05, 4.69) is 24.1 Å². The lowest BCUT2D eigenvalue weighted by Gasteiger charge is -2.10. The van der Waals surface area contributed by atoms with Crippen molar-refractivity contribution in [2.24, 2.45) is 5.92 Å². The van der Waals surface area contributed by atoms with E-state index in [1.807, 2.05) is 19.1 Å². The van der Waals surface area contributed by atoms with E-state index in [0.29, 0.717) is 17.5 Å². The molecule has 0 amide bonds. The van der Waals surface area contributed by atoms with Crippen molar-refractivity contribution < 1.29 is 9.13 Å². The number of nitrogens with one attached hydrogen (secondary N) is 1. The van der Waals surface area contributed by atoms with Gasteiger partial charge in [0.2, 0.25) is 5.88 Å². The lowest BCUT2D eigenvalue weighted by molar-refractivity contribution is 0.456. The van der Waals surface area contributed by atoms with Crippen molar-refractivity contribution in [1.82, 2.24) is 10.3 Å². The molecule has 2 rings (SSSR count). The summed E-state index contributed by atoms with van der Waals surface area (Å²) in [5.41, 5.74) is 1.86. The molecule has 0 bridgehead atoms. The molecule has 0 spiro atoms. The van der Waals surface area contributed by atoms with Crippen LogP contribution in [0.3, 0.4) is 0 Å². The molecule has 1 N–H and O–H groups in total. The molecule has 0 saturated heterocycles. The summed E-state index contributed by atoms with van der Waals surface area (Å²) in [6.45, 7) is 7.90. The minimum absolute atomic E-state index is 0.264. The number of benzene rings is 1. The molecule has 0 saturated carbocycles. The Balaban J connectivity index is 2.03. The number of hydrogen-bond acceptors (Lipinski definition) is 3. The molecule has 0 atom stereocenters. The number of ether oxygens (including phenoxy) is 1. The van der Waals surface area contributed by atoms with Crippen LogP contribution in [0.5, 0.6) is 11.6 Å². The first kappa shape index (κ1) is 15.4. The van der Waals surface area contributed by atoms with E-state index < -0.39 is 0 Å². The Labute approximate surface area is 125 Å². The van der Waals surface area contributed by atoms with Crippen molar-refractivity contribution in [3.63, 3.8) is 0 Å². The number of rotatable bonds is 6. The summed E-state index contributed by atoms with van der Waals surface area (Å²) >= 11 is 0. The van der Waals surface area contributed by atoms with Crippen LogP contribution in [0.15, 0.2) is 36.5 Å². The second kappa shape index (κ2) is 7.18. The quantitative estimate of drug-likeness (QED) is 0.870. The van der Waals surface area contributed by atoms with E-state index in [4.69, 9.17) is 4.74 Å². The van der Waals surface area contributed by atoms with Crippen molar-refractivity contribution in [3.8, 4) is 11.6 Å². The molecule has 112 valence electrons. The van der Waals surface area contributed by atoms with Gasteiger partial charge in [0.15, 0.2) is 0 Å². The van der Waals surface area contributed by atoms with Gasteiger partial charge in [0.05, 0.1) is 0 Å². The molecule has 4 heteroatoms. The predicted octanol–water partition coefficient (Wildman–Crippen LogP) is 4.07. The predicted molar refractivity (Wildman–Crippen MR) is 82.0 cm³/mol. The molecule has 21 heavy (non-hydrogen) atoms. The third-order valence-electron chi connectivity index (χ3n) is 3.03. The molecule has 0 fully saturated rings. The van der Waals surface area contributed by atoms with E-state index in [0.717, 1.165) is 24.2 Å². The van der Waals surface area contributed by atoms with E-state index >= 15 is 0 Å². The molecule has 0 radical (unpaired) electrons. The Bertz CT molecular complexity index is 599. The number of aromatic nitrogens is 1. The van der Waals surface area contributed by atoms with Gasteiger partial charge >= 0.3 is 0 Å². The van der Waals surface area contributed by atoms with Crippen LogP contribution in [-0.2, 0) is 6.54 Å². The van der Waals surface area contributed by atoms with Gasteiger partial charge < -0.3 is 10.1 Å². The zero-order valence-electron chi connectivity index (χ0n) is 12.7. The van der Waals surface area contributed by atoms with E-state index in [1.54, 1.807) is 12.3 Å². The SMILES string of the molecule is Cc1cc(F)ccc1Oc1cc(CNCC(C)C)ccn1. The number of hydrogen-bond donors (Lipinski definition) is 1. The van der Waals surface area contributed by atoms with Crippen molar-refractivity contribution in [3.05, 3.63) is 53.5 Å². The Morgan fingerprint density at radius 3 is 2.76 bits per heavy atom. The van der Waals surface area contributed by atoms with Gasteiger partial charge in [0.25, 0.3) is 0 Å². The van der Waals surface area contributed by atoms with Gasteiger partial charge in [0, 0.05) is 18.8 Å². The minimum Gasteiger partial charge on any atom is -0.439 e. The fourth-order valence-electron chi connectivity index (χ4n) is 1.96. The standard InChI is InChI=1S/C17H21FN2O/c1-12(2)10-19-11-14-6-7-20-17(9-14)21-16-5-4-15(18)8-13(16)3/h4-9,12,19H,10-11H2,1-3H3. The number of pyridine rings is 1. The van der Waals surface area contributed by atoms with Crippen LogP contribution >= 0.6 is 0 Å². The first-order chi connectivity index (χ1) is 10.0. The molecule has 1 aromatic carbocycles. The Hall–Kier alpha value is -1.94. The van der Waals surface area contributed by atoms with Crippen LogP contribution in [0.2, 0.25) is 0 Å². The lowest BCUT2D eigenvalue weighted by atomic mass is 10.2. The van der Waals surface area contributed by atoms with E-state index in [-0.39, 0.29) is 5.82 Å². The van der Waals surface area contributed by atoms with Crippen molar-refractivity contribution >= 4 is 0 Å². The Morgan fingerprint density at radius 2 is 2.05 bits per heavy atom. The summed E-state index contributed by atoms with van der Waals surface area (Å²) in [7, 11) is 0. The highest BCUT2D eigenvalue weighted by Gasteiger charge is 2.05. The van der Waals surface area contributed by atoms with Crippen LogP contribution in [0, 0.1) is 18.7 Å². The molecule has 0 aliphatic rings. The maximum absolute atomic E-state index is 13.1. The Morgan fingerprint density at radius 1 is 1.24 bits per heavy atom. The third-order valence-corrected chi connectivity index (χ3v) is 3.03. The van der Waals surface area contributed by atoms with Crippen molar-refractivity contribution in [1.29, 1.82) is 0 Å². The van der Waals surface area contributed by atoms with Crippen LogP contribution < -0.4 is 10.1 Å². The third kappa shape index (κ3) is 4.83. The number of halogens is 1. The van der Waals surface area contributed by atoms with Crippen LogP contribution in [0.1, 0.15) is 25.0 Å². The van der Waals surface area contributed by atoms with Gasteiger partial charge in [0.1, 0.15) is 11.6 Å². The highest BCUT2D eigenvalue weighted by atomic mass is 19.1. The second-order valence-corrected chi connectivity index (χ2v) is 5.54. The molecule has 1 heterocycles. The van der Waals surface area contributed by atoms with Gasteiger partial charge in [-0.3, -0.25) is 0 Å². The number of nitrogens with zero attached hydrogens (tertiary/aromatic N) is 1. The first-order valence-corrected chi connectivity index (χ1v) is 7.14. The average Bonchev–Trinajstić information content (AvgIpc) is 2.42. The zero-order chi connectivity index (χ0) is 15.2. The summed E-state index contributed by atoms with van der Waals surface area (Å²) in [6.07, 6.45) is 1.72. The smallest absolute Gasteiger partial charge is 0.219 e. The molecule has 2 aromatic rings. The molecule has 0 unspecified atom stereocenters. The highest BCUT2D eigenvalue weighted by Crippen LogP contribution is 2.24. The fourth-order valence-corrected chi connectivity index (χ4v) is 1.96. The number of aryl methyl sites for hydroxylation is 1. The maximum atomic E-state index is 13.1. The van der Waals surface area contributed by atoms with Crippen LogP contribution in [0.4, 0.5) is 4.39 Å². The average molecular weight is 288 g/mol. The summed E-state index contributed by atoms with van der Waals surface area (Å²) < 4.78 is 18.8. The maximum Gasteiger partial charge on any atom is 0.219 e. The highest BCUT2D eigenvalue weighted by molar-refractivity contribution is 5.36. The molecular formula is C17H21FN2O.